The van der Waals surface area contributed by atoms with Gasteiger partial charge >= 0.3 is 0 Å². The summed E-state index contributed by atoms with van der Waals surface area (Å²) in [4.78, 5) is 25.7. The van der Waals surface area contributed by atoms with Crippen molar-refractivity contribution in [3.8, 4) is 0 Å². The van der Waals surface area contributed by atoms with E-state index < -0.39 is 11.6 Å². The van der Waals surface area contributed by atoms with E-state index in [0.29, 0.717) is 12.8 Å². The predicted octanol–water partition coefficient (Wildman–Crippen LogP) is 1.15. The van der Waals surface area contributed by atoms with Gasteiger partial charge in [-0.3, -0.25) is 14.5 Å². The predicted molar refractivity (Wildman–Crippen MR) is 66.4 cm³/mol. The second-order valence-corrected chi connectivity index (χ2v) is 5.11. The van der Waals surface area contributed by atoms with E-state index in [9.17, 15) is 9.59 Å². The van der Waals surface area contributed by atoms with Gasteiger partial charge in [-0.1, -0.05) is 30.3 Å². The smallest absolute Gasteiger partial charge is 0.246 e. The minimum absolute atomic E-state index is 0.0805. The monoisotopic (exact) mass is 244 g/mol. The number of likely N-dealkylation sites (tertiary alicyclic amines) is 1. The van der Waals surface area contributed by atoms with E-state index in [0.717, 1.165) is 18.4 Å². The van der Waals surface area contributed by atoms with Crippen LogP contribution in [0.15, 0.2) is 30.3 Å². The normalized spacial score (nSPS) is 26.3. The minimum Gasteiger partial charge on any atom is -0.320 e. The highest BCUT2D eigenvalue weighted by Crippen LogP contribution is 2.52. The van der Waals surface area contributed by atoms with Gasteiger partial charge in [0.25, 0.3) is 0 Å². The Balaban J connectivity index is 1.98. The highest BCUT2D eigenvalue weighted by molar-refractivity contribution is 6.01. The molecule has 2 aliphatic rings. The number of rotatable bonds is 2. The van der Waals surface area contributed by atoms with Crippen molar-refractivity contribution in [2.45, 2.75) is 37.3 Å². The fourth-order valence-electron chi connectivity index (χ4n) is 2.76. The fourth-order valence-corrected chi connectivity index (χ4v) is 2.76. The number of hydrogen-bond donors (Lipinski definition) is 1. The van der Waals surface area contributed by atoms with Crippen molar-refractivity contribution in [3.63, 3.8) is 0 Å². The lowest BCUT2D eigenvalue weighted by molar-refractivity contribution is -0.153. The van der Waals surface area contributed by atoms with Gasteiger partial charge in [0.05, 0.1) is 11.6 Å². The molecule has 4 heteroatoms. The third-order valence-electron chi connectivity index (χ3n) is 3.92. The molecule has 3 rings (SSSR count). The summed E-state index contributed by atoms with van der Waals surface area (Å²) in [6.45, 7) is 0. The van der Waals surface area contributed by atoms with Gasteiger partial charge in [0, 0.05) is 6.42 Å². The average molecular weight is 244 g/mol. The van der Waals surface area contributed by atoms with Crippen LogP contribution in [0, 0.1) is 0 Å². The second-order valence-electron chi connectivity index (χ2n) is 5.11. The van der Waals surface area contributed by atoms with E-state index in [2.05, 4.69) is 0 Å². The molecule has 1 saturated carbocycles. The van der Waals surface area contributed by atoms with Gasteiger partial charge in [-0.2, -0.15) is 0 Å². The first-order valence-electron chi connectivity index (χ1n) is 6.33. The molecule has 1 saturated heterocycles. The van der Waals surface area contributed by atoms with E-state index in [4.69, 9.17) is 5.73 Å². The minimum atomic E-state index is -0.524. The summed E-state index contributed by atoms with van der Waals surface area (Å²) in [6, 6.07) is 9.25. The van der Waals surface area contributed by atoms with Crippen molar-refractivity contribution in [1.82, 2.24) is 4.90 Å². The van der Waals surface area contributed by atoms with Gasteiger partial charge in [0.1, 0.15) is 0 Å². The number of hydrogen-bond acceptors (Lipinski definition) is 3. The fraction of sp³-hybridized carbons (Fsp3) is 0.429. The molecule has 1 aromatic rings. The summed E-state index contributed by atoms with van der Waals surface area (Å²) >= 11 is 0. The molecule has 94 valence electrons. The quantitative estimate of drug-likeness (QED) is 0.794. The highest BCUT2D eigenvalue weighted by Gasteiger charge is 2.55. The molecule has 4 nitrogen and oxygen atoms in total. The van der Waals surface area contributed by atoms with Gasteiger partial charge in [-0.15, -0.1) is 0 Å². The number of piperidine rings is 1. The van der Waals surface area contributed by atoms with Crippen LogP contribution in [0.3, 0.4) is 0 Å². The van der Waals surface area contributed by atoms with Gasteiger partial charge in [0.15, 0.2) is 0 Å². The number of imide groups is 1. The summed E-state index contributed by atoms with van der Waals surface area (Å²) < 4.78 is 0. The van der Waals surface area contributed by atoms with Crippen LogP contribution < -0.4 is 5.73 Å². The van der Waals surface area contributed by atoms with E-state index >= 15 is 0 Å². The molecule has 2 fully saturated rings. The lowest BCUT2D eigenvalue weighted by Crippen LogP contribution is -2.55. The first-order chi connectivity index (χ1) is 8.65. The Morgan fingerprint density at radius 3 is 2.44 bits per heavy atom. The zero-order chi connectivity index (χ0) is 12.8. The SMILES string of the molecule is N[C@H]1CCC(=O)N(C2(c3ccccc3)CC2)C1=O. The molecular formula is C14H16N2O2. The number of nitrogens with zero attached hydrogens (tertiary/aromatic N) is 1. The van der Waals surface area contributed by atoms with Gasteiger partial charge in [0.2, 0.25) is 11.8 Å². The van der Waals surface area contributed by atoms with Crippen LogP contribution in [0.1, 0.15) is 31.2 Å². The maximum atomic E-state index is 12.2. The lowest BCUT2D eigenvalue weighted by Gasteiger charge is -2.36. The summed E-state index contributed by atoms with van der Waals surface area (Å²) in [5.41, 5.74) is 6.42. The topological polar surface area (TPSA) is 63.4 Å². The molecule has 1 aromatic carbocycles. The number of nitrogens with two attached hydrogens (primary N) is 1. The molecule has 0 spiro atoms. The van der Waals surface area contributed by atoms with Gasteiger partial charge < -0.3 is 5.73 Å². The Morgan fingerprint density at radius 1 is 1.17 bits per heavy atom. The molecule has 0 aromatic heterocycles. The molecule has 1 aliphatic carbocycles. The Hall–Kier alpha value is -1.68. The first-order valence-corrected chi connectivity index (χ1v) is 6.33. The Labute approximate surface area is 106 Å². The Morgan fingerprint density at radius 2 is 1.83 bits per heavy atom. The molecule has 0 unspecified atom stereocenters. The van der Waals surface area contributed by atoms with Crippen molar-refractivity contribution in [2.75, 3.05) is 0 Å². The van der Waals surface area contributed by atoms with Gasteiger partial charge in [-0.25, -0.2) is 0 Å². The zero-order valence-corrected chi connectivity index (χ0v) is 10.1. The van der Waals surface area contributed by atoms with E-state index in [1.54, 1.807) is 0 Å². The zero-order valence-electron chi connectivity index (χ0n) is 10.1. The first kappa shape index (κ1) is 11.4. The molecular weight excluding hydrogens is 228 g/mol. The maximum Gasteiger partial charge on any atom is 0.246 e. The molecule has 1 heterocycles. The number of carbonyl (C=O) groups is 2. The molecule has 1 aliphatic heterocycles. The van der Waals surface area contributed by atoms with Crippen molar-refractivity contribution in [1.29, 1.82) is 0 Å². The standard InChI is InChI=1S/C14H16N2O2/c15-11-6-7-12(17)16(13(11)18)14(8-9-14)10-4-2-1-3-5-10/h1-5,11H,6-9,15H2/t11-/m0/s1. The third-order valence-corrected chi connectivity index (χ3v) is 3.92. The van der Waals surface area contributed by atoms with Crippen LogP contribution in [0.4, 0.5) is 0 Å². The molecule has 0 bridgehead atoms. The maximum absolute atomic E-state index is 12.2. The Bertz CT molecular complexity index is 494. The van der Waals surface area contributed by atoms with Crippen LogP contribution in [0.5, 0.6) is 0 Å². The molecule has 18 heavy (non-hydrogen) atoms. The highest BCUT2D eigenvalue weighted by atomic mass is 16.2. The number of benzene rings is 1. The summed E-state index contributed by atoms with van der Waals surface area (Å²) in [5.74, 6) is -0.296. The van der Waals surface area contributed by atoms with Crippen LogP contribution in [-0.2, 0) is 15.1 Å². The van der Waals surface area contributed by atoms with Crippen molar-refractivity contribution in [3.05, 3.63) is 35.9 Å². The largest absolute Gasteiger partial charge is 0.320 e. The molecule has 2 amide bonds. The van der Waals surface area contributed by atoms with Crippen LogP contribution in [0.25, 0.3) is 0 Å². The van der Waals surface area contributed by atoms with Crippen molar-refractivity contribution >= 4 is 11.8 Å². The Kier molecular flexibility index (Phi) is 2.48. The average Bonchev–Trinajstić information content (AvgIpc) is 3.17. The van der Waals surface area contributed by atoms with E-state index in [1.807, 2.05) is 30.3 Å². The number of amides is 2. The van der Waals surface area contributed by atoms with Crippen molar-refractivity contribution < 1.29 is 9.59 Å². The third kappa shape index (κ3) is 1.56. The summed E-state index contributed by atoms with van der Waals surface area (Å²) in [5, 5.41) is 0. The van der Waals surface area contributed by atoms with Crippen LogP contribution >= 0.6 is 0 Å². The molecule has 2 N–H and O–H groups in total. The van der Waals surface area contributed by atoms with E-state index in [1.165, 1.54) is 4.90 Å². The lowest BCUT2D eigenvalue weighted by atomic mass is 9.97. The van der Waals surface area contributed by atoms with Gasteiger partial charge in [-0.05, 0) is 24.8 Å². The summed E-state index contributed by atoms with van der Waals surface area (Å²) in [7, 11) is 0. The van der Waals surface area contributed by atoms with E-state index in [-0.39, 0.29) is 11.8 Å². The summed E-state index contributed by atoms with van der Waals surface area (Å²) in [6.07, 6.45) is 2.54. The van der Waals surface area contributed by atoms with Crippen LogP contribution in [-0.4, -0.2) is 22.8 Å². The molecule has 1 atom stereocenters. The second kappa shape index (κ2) is 3.92. The van der Waals surface area contributed by atoms with Crippen molar-refractivity contribution in [2.24, 2.45) is 5.73 Å². The number of carbonyl (C=O) groups excluding carboxylic acids is 2. The molecule has 0 radical (unpaired) electrons. The van der Waals surface area contributed by atoms with Crippen LogP contribution in [0.2, 0.25) is 0 Å².